The van der Waals surface area contributed by atoms with E-state index in [0.29, 0.717) is 51.6 Å². The molecule has 4 aliphatic rings. The number of alkyl halides is 1. The first kappa shape index (κ1) is 28.1. The number of carbonyl (C=O) groups excluding carboxylic acids is 3. The van der Waals surface area contributed by atoms with Gasteiger partial charge in [0, 0.05) is 36.0 Å². The molecule has 0 unspecified atom stereocenters. The van der Waals surface area contributed by atoms with Crippen molar-refractivity contribution in [2.75, 3.05) is 0 Å². The zero-order valence-electron chi connectivity index (χ0n) is 21.2. The second kappa shape index (κ2) is 9.44. The fraction of sp³-hybridized carbons (Fsp3) is 0.846. The summed E-state index contributed by atoms with van der Waals surface area (Å²) in [5, 5.41) is 21.2. The monoisotopic (exact) mass is 488 g/mol. The van der Waals surface area contributed by atoms with Crippen molar-refractivity contribution in [1.29, 1.82) is 0 Å². The number of esters is 1. The summed E-state index contributed by atoms with van der Waals surface area (Å²) in [5.74, 6) is -2.39. The first-order chi connectivity index (χ1) is 15.4. The van der Waals surface area contributed by atoms with E-state index in [1.165, 1.54) is 0 Å². The fourth-order valence-corrected chi connectivity index (χ4v) is 8.70. The van der Waals surface area contributed by atoms with Crippen molar-refractivity contribution < 1.29 is 63.3 Å². The van der Waals surface area contributed by atoms with Gasteiger partial charge in [0.25, 0.3) is 0 Å². The zero-order valence-corrected chi connectivity index (χ0v) is 23.2. The maximum Gasteiger partial charge on any atom is 1.00 e. The van der Waals surface area contributed by atoms with Gasteiger partial charge in [0.05, 0.1) is 11.9 Å². The van der Waals surface area contributed by atoms with E-state index in [4.69, 9.17) is 4.74 Å². The van der Waals surface area contributed by atoms with Gasteiger partial charge in [-0.15, -0.1) is 0 Å². The van der Waals surface area contributed by atoms with Crippen LogP contribution in [0.1, 0.15) is 85.5 Å². The summed E-state index contributed by atoms with van der Waals surface area (Å²) >= 11 is 0. The van der Waals surface area contributed by atoms with E-state index in [9.17, 15) is 24.6 Å². The smallest absolute Gasteiger partial charge is 0.540 e. The van der Waals surface area contributed by atoms with E-state index in [2.05, 4.69) is 0 Å². The van der Waals surface area contributed by atoms with Gasteiger partial charge >= 0.3 is 35.5 Å². The number of carbonyl (C=O) groups is 3. The van der Waals surface area contributed by atoms with Crippen molar-refractivity contribution in [3.8, 4) is 0 Å². The number of ether oxygens (including phenoxy) is 1. The molecule has 0 spiro atoms. The average Bonchev–Trinajstić information content (AvgIpc) is 2.97. The summed E-state index contributed by atoms with van der Waals surface area (Å²) in [6.45, 7) is 7.85. The topological polar surface area (TPSA) is 101 Å². The SMILES string of the molecule is CCCC(=O)O[C@@]1(C(=O)[CH-]O)[C@@H](C)C[C@H]2[C@@H]3CC[C@@H]4CC(=O)CC[C@]4(C)[C@@]3(F)[C@@H](O)C[C@@]21C.[Na+]. The number of hydrogen-bond acceptors (Lipinski definition) is 6. The number of rotatable bonds is 5. The minimum atomic E-state index is -1.88. The standard InChI is InChI=1S/C26H38FO6.Na/c1-5-6-22(32)33-26(21(31)14-28)15(2)11-19-18-8-7-16-12-17(29)9-10-23(16,3)25(18,27)20(30)13-24(19,26)4;/h14-16,18-20,28,30H,5-13H2,1-4H3;/q-1;+1/t15-,16+,18-,19-,20-,23-,24-,25-,26+;/m0./s1. The molecule has 0 amide bonds. The van der Waals surface area contributed by atoms with Gasteiger partial charge in [-0.2, -0.15) is 0 Å². The second-order valence-electron chi connectivity index (χ2n) is 11.6. The zero-order chi connectivity index (χ0) is 24.4. The van der Waals surface area contributed by atoms with Gasteiger partial charge in [-0.25, -0.2) is 11.0 Å². The van der Waals surface area contributed by atoms with Gasteiger partial charge in [0.15, 0.2) is 5.60 Å². The van der Waals surface area contributed by atoms with Crippen LogP contribution >= 0.6 is 0 Å². The Morgan fingerprint density at radius 2 is 1.88 bits per heavy atom. The normalized spacial score (nSPS) is 47.5. The molecular formula is C26H38FNaO6. The quantitative estimate of drug-likeness (QED) is 0.342. The molecule has 0 aromatic heterocycles. The van der Waals surface area contributed by atoms with Crippen LogP contribution in [-0.2, 0) is 19.1 Å². The Balaban J connectivity index is 0.00000324. The van der Waals surface area contributed by atoms with Crippen LogP contribution in [0.15, 0.2) is 0 Å². The molecule has 4 rings (SSSR count). The van der Waals surface area contributed by atoms with Crippen LogP contribution in [0, 0.1) is 41.1 Å². The van der Waals surface area contributed by atoms with Gasteiger partial charge in [-0.1, -0.05) is 27.7 Å². The number of hydrogen-bond donors (Lipinski definition) is 2. The first-order valence-electron chi connectivity index (χ1n) is 12.5. The van der Waals surface area contributed by atoms with Crippen molar-refractivity contribution in [3.63, 3.8) is 0 Å². The van der Waals surface area contributed by atoms with Crippen molar-refractivity contribution in [2.24, 2.45) is 34.5 Å². The maximum absolute atomic E-state index is 17.3. The Kier molecular flexibility index (Phi) is 7.80. The predicted molar refractivity (Wildman–Crippen MR) is 118 cm³/mol. The molecule has 0 saturated heterocycles. The molecule has 186 valence electrons. The second-order valence-corrected chi connectivity index (χ2v) is 11.6. The summed E-state index contributed by atoms with van der Waals surface area (Å²) in [6.07, 6.45) is 2.09. The van der Waals surface area contributed by atoms with E-state index in [-0.39, 0.29) is 60.0 Å². The minimum absolute atomic E-state index is 0. The Morgan fingerprint density at radius 1 is 1.21 bits per heavy atom. The Labute approximate surface area is 224 Å². The Hall–Kier alpha value is -0.470. The minimum Gasteiger partial charge on any atom is -0.540 e. The molecule has 0 bridgehead atoms. The number of aliphatic hydroxyl groups excluding tert-OH is 2. The number of halogens is 1. The van der Waals surface area contributed by atoms with Gasteiger partial charge in [-0.3, -0.25) is 9.59 Å². The van der Waals surface area contributed by atoms with Crippen LogP contribution in [0.2, 0.25) is 0 Å². The van der Waals surface area contributed by atoms with Gasteiger partial charge in [0.1, 0.15) is 11.5 Å². The van der Waals surface area contributed by atoms with E-state index < -0.39 is 51.8 Å². The van der Waals surface area contributed by atoms with Gasteiger partial charge in [-0.05, 0) is 56.3 Å². The molecule has 0 heterocycles. The van der Waals surface area contributed by atoms with E-state index in [0.717, 1.165) is 0 Å². The number of Topliss-reactive ketones (excluding diaryl/α,β-unsaturated/α-hetero) is 2. The molecule has 6 nitrogen and oxygen atoms in total. The van der Waals surface area contributed by atoms with E-state index in [1.54, 1.807) is 0 Å². The van der Waals surface area contributed by atoms with Crippen LogP contribution in [0.4, 0.5) is 4.39 Å². The van der Waals surface area contributed by atoms with Crippen molar-refractivity contribution >= 4 is 17.5 Å². The number of fused-ring (bicyclic) bond motifs is 5. The van der Waals surface area contributed by atoms with Crippen LogP contribution < -0.4 is 29.6 Å². The summed E-state index contributed by atoms with van der Waals surface area (Å²) < 4.78 is 23.2. The third-order valence-corrected chi connectivity index (χ3v) is 10.3. The van der Waals surface area contributed by atoms with E-state index in [1.807, 2.05) is 27.7 Å². The molecule has 8 heteroatoms. The van der Waals surface area contributed by atoms with Crippen LogP contribution in [0.3, 0.4) is 0 Å². The molecule has 4 aliphatic carbocycles. The molecule has 34 heavy (non-hydrogen) atoms. The molecule has 4 fully saturated rings. The maximum atomic E-state index is 17.3. The molecule has 9 atom stereocenters. The molecule has 4 saturated carbocycles. The van der Waals surface area contributed by atoms with Gasteiger partial charge in [0.2, 0.25) is 0 Å². The Morgan fingerprint density at radius 3 is 2.50 bits per heavy atom. The largest absolute Gasteiger partial charge is 1.00 e. The third kappa shape index (κ3) is 3.51. The Bertz CT molecular complexity index is 851. The van der Waals surface area contributed by atoms with E-state index >= 15 is 4.39 Å². The summed E-state index contributed by atoms with van der Waals surface area (Å²) in [7, 11) is 0. The fourth-order valence-electron chi connectivity index (χ4n) is 8.70. The van der Waals surface area contributed by atoms with Crippen LogP contribution in [-0.4, -0.2) is 45.1 Å². The molecular weight excluding hydrogens is 450 g/mol. The summed E-state index contributed by atoms with van der Waals surface area (Å²) in [4.78, 5) is 38.0. The molecule has 0 aromatic carbocycles. The van der Waals surface area contributed by atoms with Crippen molar-refractivity contribution in [3.05, 3.63) is 6.61 Å². The average molecular weight is 489 g/mol. The molecule has 0 aliphatic heterocycles. The predicted octanol–water partition coefficient (Wildman–Crippen LogP) is 1.10. The first-order valence-corrected chi connectivity index (χ1v) is 12.5. The van der Waals surface area contributed by atoms with Crippen LogP contribution in [0.25, 0.3) is 0 Å². The van der Waals surface area contributed by atoms with Crippen molar-refractivity contribution in [2.45, 2.75) is 103 Å². The molecule has 2 N–H and O–H groups in total. The number of aliphatic hydroxyl groups is 2. The number of ketones is 2. The summed E-state index contributed by atoms with van der Waals surface area (Å²) in [5.41, 5.74) is -5.35. The molecule has 0 aromatic rings. The summed E-state index contributed by atoms with van der Waals surface area (Å²) in [6, 6.07) is 0. The van der Waals surface area contributed by atoms with Crippen LogP contribution in [0.5, 0.6) is 0 Å². The van der Waals surface area contributed by atoms with Crippen molar-refractivity contribution in [1.82, 2.24) is 0 Å². The third-order valence-electron chi connectivity index (χ3n) is 10.3. The van der Waals surface area contributed by atoms with Gasteiger partial charge < -0.3 is 19.7 Å². The molecule has 0 radical (unpaired) electrons.